The van der Waals surface area contributed by atoms with Crippen LogP contribution in [0.3, 0.4) is 0 Å². The van der Waals surface area contributed by atoms with Gasteiger partial charge in [-0.25, -0.2) is 8.78 Å². The van der Waals surface area contributed by atoms with Crippen molar-refractivity contribution >= 4 is 0 Å². The Morgan fingerprint density at radius 2 is 1.83 bits per heavy atom. The number of ether oxygens (including phenoxy) is 1. The number of halogens is 2. The van der Waals surface area contributed by atoms with Crippen LogP contribution >= 0.6 is 0 Å². The Kier molecular flexibility index (Phi) is 4.68. The predicted molar refractivity (Wildman–Crippen MR) is 68.5 cm³/mol. The molecular formula is C14H21F2NO. The molecule has 0 bridgehead atoms. The molecule has 0 spiro atoms. The van der Waals surface area contributed by atoms with Crippen molar-refractivity contribution in [1.82, 2.24) is 0 Å². The summed E-state index contributed by atoms with van der Waals surface area (Å²) in [5.41, 5.74) is 5.85. The first-order chi connectivity index (χ1) is 8.25. The number of hydrogen-bond donors (Lipinski definition) is 1. The maximum absolute atomic E-state index is 13.1. The van der Waals surface area contributed by atoms with E-state index in [4.69, 9.17) is 10.5 Å². The van der Waals surface area contributed by atoms with E-state index in [-0.39, 0.29) is 17.6 Å². The zero-order chi connectivity index (χ0) is 13.9. The third-order valence-corrected chi connectivity index (χ3v) is 2.87. The normalized spacial score (nSPS) is 15.3. The van der Waals surface area contributed by atoms with Gasteiger partial charge < -0.3 is 10.5 Å². The van der Waals surface area contributed by atoms with E-state index < -0.39 is 11.6 Å². The standard InChI is InChI=1S/C14H21F2NO/c1-5-12(17)13(14(2,3)4)18-9-6-7-10(15)11(16)8-9/h6-8,12-13H,5,17H2,1-4H3. The minimum Gasteiger partial charge on any atom is -0.488 e. The van der Waals surface area contributed by atoms with Crippen molar-refractivity contribution in [3.05, 3.63) is 29.8 Å². The molecule has 0 aromatic heterocycles. The highest BCUT2D eigenvalue weighted by molar-refractivity contribution is 5.24. The third kappa shape index (κ3) is 3.67. The van der Waals surface area contributed by atoms with Gasteiger partial charge in [-0.15, -0.1) is 0 Å². The molecule has 0 saturated heterocycles. The molecule has 18 heavy (non-hydrogen) atoms. The summed E-state index contributed by atoms with van der Waals surface area (Å²) in [4.78, 5) is 0. The lowest BCUT2D eigenvalue weighted by Gasteiger charge is -2.35. The van der Waals surface area contributed by atoms with Gasteiger partial charge in [0.2, 0.25) is 0 Å². The van der Waals surface area contributed by atoms with Gasteiger partial charge >= 0.3 is 0 Å². The molecule has 0 saturated carbocycles. The average molecular weight is 257 g/mol. The summed E-state index contributed by atoms with van der Waals surface area (Å²) in [5, 5.41) is 0. The predicted octanol–water partition coefficient (Wildman–Crippen LogP) is 3.50. The molecule has 2 nitrogen and oxygen atoms in total. The van der Waals surface area contributed by atoms with E-state index >= 15 is 0 Å². The third-order valence-electron chi connectivity index (χ3n) is 2.87. The van der Waals surface area contributed by atoms with Crippen LogP contribution in [0.2, 0.25) is 0 Å². The van der Waals surface area contributed by atoms with Crippen molar-refractivity contribution in [3.8, 4) is 5.75 Å². The molecule has 102 valence electrons. The minimum absolute atomic E-state index is 0.155. The molecule has 0 aliphatic heterocycles. The van der Waals surface area contributed by atoms with Gasteiger partial charge in [-0.3, -0.25) is 0 Å². The first kappa shape index (κ1) is 14.9. The summed E-state index contributed by atoms with van der Waals surface area (Å²) in [7, 11) is 0. The van der Waals surface area contributed by atoms with Crippen molar-refractivity contribution in [1.29, 1.82) is 0 Å². The lowest BCUT2D eigenvalue weighted by molar-refractivity contribution is 0.0617. The summed E-state index contributed by atoms with van der Waals surface area (Å²) in [6, 6.07) is 3.37. The Balaban J connectivity index is 2.93. The van der Waals surface area contributed by atoms with E-state index in [0.717, 1.165) is 18.6 Å². The van der Waals surface area contributed by atoms with Crippen LogP contribution in [0.15, 0.2) is 18.2 Å². The van der Waals surface area contributed by atoms with E-state index in [9.17, 15) is 8.78 Å². The van der Waals surface area contributed by atoms with Gasteiger partial charge in [0, 0.05) is 17.5 Å². The highest BCUT2D eigenvalue weighted by Gasteiger charge is 2.31. The molecule has 0 aliphatic carbocycles. The quantitative estimate of drug-likeness (QED) is 0.896. The largest absolute Gasteiger partial charge is 0.488 e. The molecule has 0 radical (unpaired) electrons. The second-order valence-electron chi connectivity index (χ2n) is 5.55. The Hall–Kier alpha value is -1.16. The molecule has 1 aromatic rings. The van der Waals surface area contributed by atoms with Crippen molar-refractivity contribution in [2.45, 2.75) is 46.3 Å². The van der Waals surface area contributed by atoms with Crippen LogP contribution in [0, 0.1) is 17.0 Å². The van der Waals surface area contributed by atoms with Crippen LogP contribution in [0.4, 0.5) is 8.78 Å². The second-order valence-corrected chi connectivity index (χ2v) is 5.55. The van der Waals surface area contributed by atoms with Gasteiger partial charge in [-0.1, -0.05) is 27.7 Å². The van der Waals surface area contributed by atoms with E-state index in [1.165, 1.54) is 6.07 Å². The SMILES string of the molecule is CCC(N)C(Oc1ccc(F)c(F)c1)C(C)(C)C. The zero-order valence-corrected chi connectivity index (χ0v) is 11.3. The van der Waals surface area contributed by atoms with E-state index in [0.29, 0.717) is 5.75 Å². The topological polar surface area (TPSA) is 35.2 Å². The molecule has 2 atom stereocenters. The fourth-order valence-electron chi connectivity index (χ4n) is 1.82. The van der Waals surface area contributed by atoms with Crippen LogP contribution < -0.4 is 10.5 Å². The van der Waals surface area contributed by atoms with Crippen molar-refractivity contribution in [3.63, 3.8) is 0 Å². The maximum atomic E-state index is 13.1. The lowest BCUT2D eigenvalue weighted by Crippen LogP contribution is -2.47. The highest BCUT2D eigenvalue weighted by Crippen LogP contribution is 2.28. The number of hydrogen-bond acceptors (Lipinski definition) is 2. The molecule has 0 amide bonds. The van der Waals surface area contributed by atoms with Gasteiger partial charge in [0.1, 0.15) is 11.9 Å². The van der Waals surface area contributed by atoms with Crippen molar-refractivity contribution in [2.24, 2.45) is 11.1 Å². The van der Waals surface area contributed by atoms with Crippen LogP contribution in [0.5, 0.6) is 5.75 Å². The maximum Gasteiger partial charge on any atom is 0.162 e. The molecule has 1 rings (SSSR count). The fourth-order valence-corrected chi connectivity index (χ4v) is 1.82. The molecule has 2 unspecified atom stereocenters. The minimum atomic E-state index is -0.912. The molecule has 0 aliphatic rings. The summed E-state index contributed by atoms with van der Waals surface area (Å²) < 4.78 is 31.7. The monoisotopic (exact) mass is 257 g/mol. The summed E-state index contributed by atoms with van der Waals surface area (Å²) in [5.74, 6) is -1.49. The van der Waals surface area contributed by atoms with Gasteiger partial charge in [0.25, 0.3) is 0 Å². The Morgan fingerprint density at radius 3 is 2.28 bits per heavy atom. The molecule has 0 fully saturated rings. The first-order valence-electron chi connectivity index (χ1n) is 6.13. The fraction of sp³-hybridized carbons (Fsp3) is 0.571. The lowest BCUT2D eigenvalue weighted by atomic mass is 9.84. The zero-order valence-electron chi connectivity index (χ0n) is 11.3. The molecule has 2 N–H and O–H groups in total. The Labute approximate surface area is 107 Å². The van der Waals surface area contributed by atoms with Crippen molar-refractivity contribution in [2.75, 3.05) is 0 Å². The van der Waals surface area contributed by atoms with E-state index in [1.807, 2.05) is 27.7 Å². The highest BCUT2D eigenvalue weighted by atomic mass is 19.2. The Bertz CT molecular complexity index is 401. The van der Waals surface area contributed by atoms with Crippen molar-refractivity contribution < 1.29 is 13.5 Å². The van der Waals surface area contributed by atoms with Gasteiger partial charge in [-0.2, -0.15) is 0 Å². The first-order valence-corrected chi connectivity index (χ1v) is 6.13. The number of benzene rings is 1. The molecule has 4 heteroatoms. The van der Waals surface area contributed by atoms with Gasteiger partial charge in [0.05, 0.1) is 0 Å². The summed E-state index contributed by atoms with van der Waals surface area (Å²) >= 11 is 0. The smallest absolute Gasteiger partial charge is 0.162 e. The van der Waals surface area contributed by atoms with Gasteiger partial charge in [-0.05, 0) is 18.6 Å². The molecule has 0 heterocycles. The second kappa shape index (κ2) is 5.65. The van der Waals surface area contributed by atoms with Crippen LogP contribution in [0.25, 0.3) is 0 Å². The van der Waals surface area contributed by atoms with Crippen LogP contribution in [-0.2, 0) is 0 Å². The van der Waals surface area contributed by atoms with E-state index in [1.54, 1.807) is 0 Å². The summed E-state index contributed by atoms with van der Waals surface area (Å²) in [6.07, 6.45) is 0.498. The van der Waals surface area contributed by atoms with Crippen LogP contribution in [0.1, 0.15) is 34.1 Å². The molecule has 1 aromatic carbocycles. The van der Waals surface area contributed by atoms with Crippen LogP contribution in [-0.4, -0.2) is 12.1 Å². The average Bonchev–Trinajstić information content (AvgIpc) is 2.28. The van der Waals surface area contributed by atoms with Gasteiger partial charge in [0.15, 0.2) is 11.6 Å². The molecular weight excluding hydrogens is 236 g/mol. The number of rotatable bonds is 4. The Morgan fingerprint density at radius 1 is 1.22 bits per heavy atom. The summed E-state index contributed by atoms with van der Waals surface area (Å²) in [6.45, 7) is 7.99. The van der Waals surface area contributed by atoms with E-state index in [2.05, 4.69) is 0 Å². The number of nitrogens with two attached hydrogens (primary N) is 1.